The molecule has 0 bridgehead atoms. The minimum absolute atomic E-state index is 0.379. The predicted octanol–water partition coefficient (Wildman–Crippen LogP) is 4.50. The van der Waals surface area contributed by atoms with Gasteiger partial charge in [-0.2, -0.15) is 0 Å². The Kier molecular flexibility index (Phi) is 4.51. The third kappa shape index (κ3) is 3.97. The smallest absolute Gasteiger partial charge is 0.0453 e. The van der Waals surface area contributed by atoms with Gasteiger partial charge in [0, 0.05) is 15.6 Å². The molecule has 1 atom stereocenters. The molecule has 0 fully saturated rings. The second-order valence-corrected chi connectivity index (χ2v) is 6.01. The van der Waals surface area contributed by atoms with Gasteiger partial charge in [-0.05, 0) is 43.0 Å². The minimum atomic E-state index is -0.379. The number of rotatable bonds is 4. The zero-order chi connectivity index (χ0) is 13.9. The summed E-state index contributed by atoms with van der Waals surface area (Å²) in [5.74, 6) is 0. The normalized spacial score (nSPS) is 14.1. The van der Waals surface area contributed by atoms with Gasteiger partial charge in [0.2, 0.25) is 0 Å². The van der Waals surface area contributed by atoms with E-state index in [0.29, 0.717) is 16.5 Å². The largest absolute Gasteiger partial charge is 0.325 e. The minimum Gasteiger partial charge on any atom is -0.325 e. The van der Waals surface area contributed by atoms with Crippen LogP contribution in [0.1, 0.15) is 18.1 Å². The van der Waals surface area contributed by atoms with E-state index < -0.39 is 0 Å². The second kappa shape index (κ2) is 5.96. The summed E-state index contributed by atoms with van der Waals surface area (Å²) in [6.07, 6.45) is 1.44. The molecule has 0 aromatic heterocycles. The second-order valence-electron chi connectivity index (χ2n) is 5.19. The molecular formula is C16H17Cl2N. The van der Waals surface area contributed by atoms with Gasteiger partial charge in [-0.15, -0.1) is 0 Å². The summed E-state index contributed by atoms with van der Waals surface area (Å²) in [6.45, 7) is 2.03. The number of hydrogen-bond acceptors (Lipinski definition) is 1. The quantitative estimate of drug-likeness (QED) is 0.883. The molecule has 100 valence electrons. The Bertz CT molecular complexity index is 530. The summed E-state index contributed by atoms with van der Waals surface area (Å²) in [5, 5.41) is 1.36. The van der Waals surface area contributed by atoms with Gasteiger partial charge >= 0.3 is 0 Å². The lowest BCUT2D eigenvalue weighted by atomic mass is 9.87. The van der Waals surface area contributed by atoms with Crippen molar-refractivity contribution in [2.75, 3.05) is 0 Å². The van der Waals surface area contributed by atoms with Crippen LogP contribution in [0.5, 0.6) is 0 Å². The molecule has 1 unspecified atom stereocenters. The van der Waals surface area contributed by atoms with E-state index in [4.69, 9.17) is 28.9 Å². The van der Waals surface area contributed by atoms with Crippen molar-refractivity contribution in [3.63, 3.8) is 0 Å². The Hall–Kier alpha value is -1.02. The fourth-order valence-electron chi connectivity index (χ4n) is 2.23. The summed E-state index contributed by atoms with van der Waals surface area (Å²) < 4.78 is 0. The van der Waals surface area contributed by atoms with Crippen molar-refractivity contribution in [1.29, 1.82) is 0 Å². The maximum absolute atomic E-state index is 6.40. The summed E-state index contributed by atoms with van der Waals surface area (Å²) in [4.78, 5) is 0. The van der Waals surface area contributed by atoms with Crippen molar-refractivity contribution in [3.05, 3.63) is 69.7 Å². The van der Waals surface area contributed by atoms with E-state index >= 15 is 0 Å². The van der Waals surface area contributed by atoms with Gasteiger partial charge in [0.1, 0.15) is 0 Å². The van der Waals surface area contributed by atoms with E-state index in [2.05, 4.69) is 12.1 Å². The highest BCUT2D eigenvalue weighted by atomic mass is 35.5. The third-order valence-electron chi connectivity index (χ3n) is 3.09. The fourth-order valence-corrected chi connectivity index (χ4v) is 2.76. The van der Waals surface area contributed by atoms with Crippen molar-refractivity contribution in [1.82, 2.24) is 0 Å². The Balaban J connectivity index is 2.17. The molecule has 0 aliphatic rings. The van der Waals surface area contributed by atoms with Gasteiger partial charge < -0.3 is 5.73 Å². The van der Waals surface area contributed by atoms with Crippen LogP contribution in [-0.4, -0.2) is 5.54 Å². The lowest BCUT2D eigenvalue weighted by Crippen LogP contribution is -2.41. The topological polar surface area (TPSA) is 26.0 Å². The van der Waals surface area contributed by atoms with Crippen LogP contribution in [0.15, 0.2) is 48.5 Å². The van der Waals surface area contributed by atoms with E-state index in [-0.39, 0.29) is 5.54 Å². The van der Waals surface area contributed by atoms with Crippen molar-refractivity contribution in [3.8, 4) is 0 Å². The number of halogens is 2. The van der Waals surface area contributed by atoms with E-state index in [1.807, 2.05) is 43.3 Å². The van der Waals surface area contributed by atoms with Crippen molar-refractivity contribution >= 4 is 23.2 Å². The molecule has 2 rings (SSSR count). The molecule has 2 N–H and O–H groups in total. The van der Waals surface area contributed by atoms with Crippen molar-refractivity contribution in [2.45, 2.75) is 25.3 Å². The highest BCUT2D eigenvalue weighted by Crippen LogP contribution is 2.28. The van der Waals surface area contributed by atoms with Crippen molar-refractivity contribution < 1.29 is 0 Å². The van der Waals surface area contributed by atoms with Crippen LogP contribution in [0.4, 0.5) is 0 Å². The van der Waals surface area contributed by atoms with Gasteiger partial charge in [-0.1, -0.05) is 59.6 Å². The average Bonchev–Trinajstić information content (AvgIpc) is 2.35. The molecule has 19 heavy (non-hydrogen) atoms. The molecule has 3 heteroatoms. The third-order valence-corrected chi connectivity index (χ3v) is 3.80. The van der Waals surface area contributed by atoms with Gasteiger partial charge in [-0.3, -0.25) is 0 Å². The Morgan fingerprint density at radius 2 is 1.47 bits per heavy atom. The first kappa shape index (κ1) is 14.4. The molecule has 0 aliphatic heterocycles. The number of benzene rings is 2. The molecule has 2 aromatic rings. The summed E-state index contributed by atoms with van der Waals surface area (Å²) in [7, 11) is 0. The van der Waals surface area contributed by atoms with Crippen LogP contribution in [0.25, 0.3) is 0 Å². The standard InChI is InChI=1S/C16H17Cl2N/c1-16(19,10-12-6-3-2-4-7-12)11-13-14(17)8-5-9-15(13)18/h2-9H,10-11,19H2,1H3. The summed E-state index contributed by atoms with van der Waals surface area (Å²) in [5.41, 5.74) is 8.16. The molecule has 0 amide bonds. The summed E-state index contributed by atoms with van der Waals surface area (Å²) in [6, 6.07) is 15.8. The van der Waals surface area contributed by atoms with E-state index in [9.17, 15) is 0 Å². The SMILES string of the molecule is CC(N)(Cc1ccccc1)Cc1c(Cl)cccc1Cl. The molecule has 0 heterocycles. The maximum Gasteiger partial charge on any atom is 0.0453 e. The highest BCUT2D eigenvalue weighted by molar-refractivity contribution is 6.36. The molecular weight excluding hydrogens is 277 g/mol. The first-order chi connectivity index (χ1) is 8.98. The van der Waals surface area contributed by atoms with Crippen molar-refractivity contribution in [2.24, 2.45) is 5.73 Å². The monoisotopic (exact) mass is 293 g/mol. The molecule has 0 saturated carbocycles. The van der Waals surface area contributed by atoms with E-state index in [1.54, 1.807) is 0 Å². The maximum atomic E-state index is 6.40. The van der Waals surface area contributed by atoms with Crippen LogP contribution in [0, 0.1) is 0 Å². The van der Waals surface area contributed by atoms with Gasteiger partial charge in [0.25, 0.3) is 0 Å². The van der Waals surface area contributed by atoms with Gasteiger partial charge in [0.15, 0.2) is 0 Å². The fraction of sp³-hybridized carbons (Fsp3) is 0.250. The lowest BCUT2D eigenvalue weighted by molar-refractivity contribution is 0.463. The van der Waals surface area contributed by atoms with Gasteiger partial charge in [0.05, 0.1) is 0 Å². The Labute approximate surface area is 124 Å². The predicted molar refractivity (Wildman–Crippen MR) is 82.9 cm³/mol. The van der Waals surface area contributed by atoms with Crippen LogP contribution < -0.4 is 5.73 Å². The zero-order valence-electron chi connectivity index (χ0n) is 10.9. The van der Waals surface area contributed by atoms with Crippen LogP contribution in [0.3, 0.4) is 0 Å². The number of nitrogens with two attached hydrogens (primary N) is 1. The van der Waals surface area contributed by atoms with E-state index in [0.717, 1.165) is 12.0 Å². The Morgan fingerprint density at radius 3 is 2.05 bits per heavy atom. The van der Waals surface area contributed by atoms with Crippen LogP contribution in [-0.2, 0) is 12.8 Å². The van der Waals surface area contributed by atoms with Crippen LogP contribution >= 0.6 is 23.2 Å². The average molecular weight is 294 g/mol. The lowest BCUT2D eigenvalue weighted by Gasteiger charge is -2.26. The Morgan fingerprint density at radius 1 is 0.895 bits per heavy atom. The first-order valence-corrected chi connectivity index (χ1v) is 6.99. The molecule has 0 spiro atoms. The molecule has 2 aromatic carbocycles. The highest BCUT2D eigenvalue weighted by Gasteiger charge is 2.22. The molecule has 1 nitrogen and oxygen atoms in total. The van der Waals surface area contributed by atoms with E-state index in [1.165, 1.54) is 5.56 Å². The molecule has 0 aliphatic carbocycles. The first-order valence-electron chi connectivity index (χ1n) is 6.24. The van der Waals surface area contributed by atoms with Gasteiger partial charge in [-0.25, -0.2) is 0 Å². The van der Waals surface area contributed by atoms with Crippen LogP contribution in [0.2, 0.25) is 10.0 Å². The molecule has 0 saturated heterocycles. The summed E-state index contributed by atoms with van der Waals surface area (Å²) >= 11 is 12.4. The number of hydrogen-bond donors (Lipinski definition) is 1. The molecule has 0 radical (unpaired) electrons. The zero-order valence-corrected chi connectivity index (χ0v) is 12.4.